The van der Waals surface area contributed by atoms with Crippen molar-refractivity contribution in [3.8, 4) is 11.8 Å². The summed E-state index contributed by atoms with van der Waals surface area (Å²) in [6.45, 7) is 0.637. The van der Waals surface area contributed by atoms with Crippen molar-refractivity contribution < 1.29 is 19.1 Å². The molecule has 2 aromatic rings. The summed E-state index contributed by atoms with van der Waals surface area (Å²) < 4.78 is 9.72. The first kappa shape index (κ1) is 17.6. The molecule has 1 aromatic heterocycles. The molecule has 0 aliphatic rings. The van der Waals surface area contributed by atoms with Gasteiger partial charge in [-0.15, -0.1) is 11.3 Å². The number of hydrogen-bond acceptors (Lipinski definition) is 5. The van der Waals surface area contributed by atoms with Crippen LogP contribution in [0.2, 0.25) is 0 Å². The molecule has 1 aromatic carbocycles. The van der Waals surface area contributed by atoms with E-state index in [0.717, 1.165) is 11.1 Å². The molecule has 0 atom stereocenters. The molecule has 1 N–H and O–H groups in total. The summed E-state index contributed by atoms with van der Waals surface area (Å²) in [5.74, 6) is 5.51. The van der Waals surface area contributed by atoms with Crippen LogP contribution >= 0.6 is 11.3 Å². The summed E-state index contributed by atoms with van der Waals surface area (Å²) in [4.78, 5) is 23.4. The van der Waals surface area contributed by atoms with E-state index in [1.807, 2.05) is 30.3 Å². The van der Waals surface area contributed by atoms with Crippen molar-refractivity contribution in [3.63, 3.8) is 0 Å². The summed E-state index contributed by atoms with van der Waals surface area (Å²) in [6.07, 6.45) is 0.0216. The fourth-order valence-electron chi connectivity index (χ4n) is 1.78. The van der Waals surface area contributed by atoms with Gasteiger partial charge in [0.2, 0.25) is 0 Å². The third-order valence-electron chi connectivity index (χ3n) is 2.95. The van der Waals surface area contributed by atoms with Gasteiger partial charge in [-0.1, -0.05) is 42.2 Å². The van der Waals surface area contributed by atoms with Crippen LogP contribution in [0.1, 0.15) is 27.2 Å². The lowest BCUT2D eigenvalue weighted by Crippen LogP contribution is -2.24. The summed E-state index contributed by atoms with van der Waals surface area (Å²) in [6, 6.07) is 11.2. The number of methoxy groups -OCH3 is 1. The highest BCUT2D eigenvalue weighted by atomic mass is 32.1. The minimum Gasteiger partial charge on any atom is -0.465 e. The number of nitrogens with one attached hydrogen (secondary N) is 1. The first-order valence-electron chi connectivity index (χ1n) is 7.29. The van der Waals surface area contributed by atoms with Crippen LogP contribution in [0.3, 0.4) is 0 Å². The molecule has 0 saturated carbocycles. The SMILES string of the molecule is COC(=O)c1cc(C#CCCNC(=O)OCc2ccccc2)cs1. The van der Waals surface area contributed by atoms with Crippen LogP contribution in [0.5, 0.6) is 0 Å². The lowest BCUT2D eigenvalue weighted by atomic mass is 10.2. The molecule has 0 spiro atoms. The van der Waals surface area contributed by atoms with E-state index in [9.17, 15) is 9.59 Å². The van der Waals surface area contributed by atoms with Crippen molar-refractivity contribution in [2.75, 3.05) is 13.7 Å². The standard InChI is InChI=1S/C18H17NO4S/c1-22-17(20)16-11-15(13-24-16)9-5-6-10-19-18(21)23-12-14-7-3-2-4-8-14/h2-4,7-8,11,13H,6,10,12H2,1H3,(H,19,21). The Morgan fingerprint density at radius 3 is 2.79 bits per heavy atom. The van der Waals surface area contributed by atoms with E-state index in [-0.39, 0.29) is 12.6 Å². The largest absolute Gasteiger partial charge is 0.465 e. The van der Waals surface area contributed by atoms with Crippen molar-refractivity contribution in [1.29, 1.82) is 0 Å². The van der Waals surface area contributed by atoms with Crippen LogP contribution in [-0.2, 0) is 16.1 Å². The second-order valence-electron chi connectivity index (χ2n) is 4.73. The molecule has 0 aliphatic carbocycles. The Kier molecular flexibility index (Phi) is 6.87. The summed E-state index contributed by atoms with van der Waals surface area (Å²) in [5.41, 5.74) is 1.69. The Hall–Kier alpha value is -2.78. The molecule has 0 bridgehead atoms. The van der Waals surface area contributed by atoms with Crippen molar-refractivity contribution in [3.05, 3.63) is 57.8 Å². The van der Waals surface area contributed by atoms with Gasteiger partial charge in [-0.2, -0.15) is 0 Å². The number of carbonyl (C=O) groups is 2. The van der Waals surface area contributed by atoms with Crippen LogP contribution < -0.4 is 5.32 Å². The lowest BCUT2D eigenvalue weighted by Gasteiger charge is -2.05. The number of rotatable bonds is 5. The number of amides is 1. The van der Waals surface area contributed by atoms with Crippen LogP contribution in [0, 0.1) is 11.8 Å². The van der Waals surface area contributed by atoms with Crippen molar-refractivity contribution >= 4 is 23.4 Å². The van der Waals surface area contributed by atoms with Crippen molar-refractivity contribution in [2.24, 2.45) is 0 Å². The number of hydrogen-bond donors (Lipinski definition) is 1. The van der Waals surface area contributed by atoms with Crippen molar-refractivity contribution in [2.45, 2.75) is 13.0 Å². The maximum Gasteiger partial charge on any atom is 0.407 e. The van der Waals surface area contributed by atoms with Gasteiger partial charge in [0, 0.05) is 23.9 Å². The van der Waals surface area contributed by atoms with E-state index in [1.165, 1.54) is 18.4 Å². The molecule has 1 heterocycles. The molecule has 0 unspecified atom stereocenters. The minimum atomic E-state index is -0.468. The van der Waals surface area contributed by atoms with Crippen LogP contribution in [0.15, 0.2) is 41.8 Å². The van der Waals surface area contributed by atoms with E-state index in [4.69, 9.17) is 4.74 Å². The Morgan fingerprint density at radius 2 is 2.04 bits per heavy atom. The van der Waals surface area contributed by atoms with Gasteiger partial charge in [0.1, 0.15) is 11.5 Å². The van der Waals surface area contributed by atoms with E-state index in [2.05, 4.69) is 21.9 Å². The Bertz CT molecular complexity index is 743. The summed E-state index contributed by atoms with van der Waals surface area (Å²) in [7, 11) is 1.34. The molecular formula is C18H17NO4S. The number of ether oxygens (including phenoxy) is 2. The van der Waals surface area contributed by atoms with Crippen LogP contribution in [0.25, 0.3) is 0 Å². The van der Waals surface area contributed by atoms with Crippen LogP contribution in [-0.4, -0.2) is 25.7 Å². The first-order chi connectivity index (χ1) is 11.7. The molecule has 24 heavy (non-hydrogen) atoms. The third-order valence-corrected chi connectivity index (χ3v) is 3.86. The average molecular weight is 343 g/mol. The van der Waals surface area contributed by atoms with E-state index < -0.39 is 6.09 Å². The zero-order valence-corrected chi connectivity index (χ0v) is 14.0. The zero-order chi connectivity index (χ0) is 17.2. The monoisotopic (exact) mass is 343 g/mol. The maximum atomic E-state index is 11.5. The molecule has 1 amide bonds. The smallest absolute Gasteiger partial charge is 0.407 e. The number of thiophene rings is 1. The molecule has 124 valence electrons. The quantitative estimate of drug-likeness (QED) is 0.514. The van der Waals surface area contributed by atoms with Gasteiger partial charge in [0.05, 0.1) is 7.11 Å². The number of alkyl carbamates (subject to hydrolysis) is 1. The molecule has 0 aliphatic heterocycles. The first-order valence-corrected chi connectivity index (χ1v) is 8.17. The molecule has 0 saturated heterocycles. The van der Waals surface area contributed by atoms with Gasteiger partial charge >= 0.3 is 12.1 Å². The highest BCUT2D eigenvalue weighted by Gasteiger charge is 2.07. The Labute approximate surface area is 144 Å². The molecule has 5 nitrogen and oxygen atoms in total. The van der Waals surface area contributed by atoms with E-state index in [1.54, 1.807) is 11.4 Å². The van der Waals surface area contributed by atoms with Gasteiger partial charge in [-0.25, -0.2) is 9.59 Å². The minimum absolute atomic E-state index is 0.240. The molecular weight excluding hydrogens is 326 g/mol. The van der Waals surface area contributed by atoms with E-state index in [0.29, 0.717) is 17.8 Å². The normalized spacial score (nSPS) is 9.54. The Morgan fingerprint density at radius 1 is 1.25 bits per heavy atom. The topological polar surface area (TPSA) is 64.6 Å². The second-order valence-corrected chi connectivity index (χ2v) is 5.64. The van der Waals surface area contributed by atoms with E-state index >= 15 is 0 Å². The maximum absolute atomic E-state index is 11.5. The van der Waals surface area contributed by atoms with Gasteiger partial charge < -0.3 is 14.8 Å². The predicted molar refractivity (Wildman–Crippen MR) is 91.8 cm³/mol. The summed E-state index contributed by atoms with van der Waals surface area (Å²) >= 11 is 1.29. The van der Waals surface area contributed by atoms with Gasteiger partial charge in [0.25, 0.3) is 0 Å². The highest BCUT2D eigenvalue weighted by molar-refractivity contribution is 7.12. The van der Waals surface area contributed by atoms with Gasteiger partial charge in [-0.3, -0.25) is 0 Å². The van der Waals surface area contributed by atoms with Crippen LogP contribution in [0.4, 0.5) is 4.79 Å². The van der Waals surface area contributed by atoms with Crippen molar-refractivity contribution in [1.82, 2.24) is 5.32 Å². The zero-order valence-electron chi connectivity index (χ0n) is 13.2. The summed E-state index contributed by atoms with van der Waals surface area (Å²) in [5, 5.41) is 4.43. The molecule has 0 fully saturated rings. The molecule has 6 heteroatoms. The second kappa shape index (κ2) is 9.38. The highest BCUT2D eigenvalue weighted by Crippen LogP contribution is 2.14. The fourth-order valence-corrected chi connectivity index (χ4v) is 2.53. The number of benzene rings is 1. The molecule has 2 rings (SSSR count). The third kappa shape index (κ3) is 5.78. The molecule has 0 radical (unpaired) electrons. The lowest BCUT2D eigenvalue weighted by molar-refractivity contribution is 0.0606. The fraction of sp³-hybridized carbons (Fsp3) is 0.222. The number of esters is 1. The number of carbonyl (C=O) groups excluding carboxylic acids is 2. The van der Waals surface area contributed by atoms with Gasteiger partial charge in [0.15, 0.2) is 0 Å². The van der Waals surface area contributed by atoms with Gasteiger partial charge in [-0.05, 0) is 11.6 Å². The predicted octanol–water partition coefficient (Wildman–Crippen LogP) is 3.20. The average Bonchev–Trinajstić information content (AvgIpc) is 3.09. The Balaban J connectivity index is 1.67.